The first-order valence-corrected chi connectivity index (χ1v) is 6.46. The number of hydrogen-bond acceptors (Lipinski definition) is 2. The minimum Gasteiger partial charge on any atom is -0.329 e. The Bertz CT molecular complexity index is 537. The van der Waals surface area contributed by atoms with Crippen molar-refractivity contribution in [1.29, 1.82) is 0 Å². The van der Waals surface area contributed by atoms with Gasteiger partial charge in [-0.25, -0.2) is 4.98 Å². The van der Waals surface area contributed by atoms with Gasteiger partial charge in [-0.3, -0.25) is 0 Å². The molecular formula is C14H19N3. The quantitative estimate of drug-likeness (QED) is 0.875. The van der Waals surface area contributed by atoms with Gasteiger partial charge in [0.1, 0.15) is 5.82 Å². The Morgan fingerprint density at radius 1 is 1.35 bits per heavy atom. The van der Waals surface area contributed by atoms with Crippen molar-refractivity contribution in [3.05, 3.63) is 30.1 Å². The van der Waals surface area contributed by atoms with Crippen LogP contribution < -0.4 is 5.73 Å². The Morgan fingerprint density at radius 2 is 2.12 bits per heavy atom. The lowest BCUT2D eigenvalue weighted by Gasteiger charge is -2.14. The highest BCUT2D eigenvalue weighted by Gasteiger charge is 2.46. The minimum atomic E-state index is 0.175. The molecule has 0 unspecified atom stereocenters. The van der Waals surface area contributed by atoms with Crippen LogP contribution in [-0.4, -0.2) is 16.1 Å². The van der Waals surface area contributed by atoms with E-state index >= 15 is 0 Å². The first kappa shape index (κ1) is 10.8. The van der Waals surface area contributed by atoms with Gasteiger partial charge >= 0.3 is 0 Å². The lowest BCUT2D eigenvalue weighted by molar-refractivity contribution is 0.572. The molecule has 2 aromatic rings. The maximum Gasteiger partial charge on any atom is 0.117 e. The third-order valence-corrected chi connectivity index (χ3v) is 3.82. The highest BCUT2D eigenvalue weighted by atomic mass is 15.1. The fourth-order valence-corrected chi connectivity index (χ4v) is 2.60. The number of benzene rings is 1. The van der Waals surface area contributed by atoms with Crippen LogP contribution in [0.1, 0.15) is 32.0 Å². The second-order valence-corrected chi connectivity index (χ2v) is 5.06. The largest absolute Gasteiger partial charge is 0.329 e. The van der Waals surface area contributed by atoms with E-state index in [1.807, 2.05) is 0 Å². The molecule has 3 nitrogen and oxygen atoms in total. The number of aryl methyl sites for hydroxylation is 1. The molecule has 17 heavy (non-hydrogen) atoms. The molecule has 1 saturated carbocycles. The Morgan fingerprint density at radius 3 is 2.76 bits per heavy atom. The number of hydrogen-bond donors (Lipinski definition) is 1. The van der Waals surface area contributed by atoms with Gasteiger partial charge in [0, 0.05) is 18.5 Å². The molecule has 3 heteroatoms. The zero-order valence-corrected chi connectivity index (χ0v) is 10.3. The number of nitrogens with zero attached hydrogens (tertiary/aromatic N) is 2. The average Bonchev–Trinajstić information content (AvgIpc) is 3.08. The highest BCUT2D eigenvalue weighted by molar-refractivity contribution is 5.76. The predicted octanol–water partition coefficient (Wildman–Crippen LogP) is 2.44. The van der Waals surface area contributed by atoms with Crippen LogP contribution in [0.4, 0.5) is 0 Å². The van der Waals surface area contributed by atoms with Crippen molar-refractivity contribution in [2.75, 3.05) is 6.54 Å². The second kappa shape index (κ2) is 3.84. The summed E-state index contributed by atoms with van der Waals surface area (Å²) in [5.41, 5.74) is 8.47. The van der Waals surface area contributed by atoms with Crippen LogP contribution in [0.2, 0.25) is 0 Å². The van der Waals surface area contributed by atoms with E-state index in [1.54, 1.807) is 0 Å². The molecule has 2 N–H and O–H groups in total. The normalized spacial score (nSPS) is 17.5. The van der Waals surface area contributed by atoms with Gasteiger partial charge in [-0.05, 0) is 31.4 Å². The Balaban J connectivity index is 2.19. The van der Waals surface area contributed by atoms with Crippen LogP contribution in [-0.2, 0) is 12.0 Å². The summed E-state index contributed by atoms with van der Waals surface area (Å²) >= 11 is 0. The second-order valence-electron chi connectivity index (χ2n) is 5.06. The SMILES string of the molecule is CCCn1c(C2(CN)CC2)nc2ccccc21. The molecule has 0 amide bonds. The van der Waals surface area contributed by atoms with Gasteiger partial charge < -0.3 is 10.3 Å². The van der Waals surface area contributed by atoms with E-state index in [0.717, 1.165) is 25.0 Å². The van der Waals surface area contributed by atoms with Crippen LogP contribution >= 0.6 is 0 Å². The van der Waals surface area contributed by atoms with Gasteiger partial charge in [0.05, 0.1) is 11.0 Å². The maximum absolute atomic E-state index is 5.93. The summed E-state index contributed by atoms with van der Waals surface area (Å²) in [6.07, 6.45) is 3.51. The summed E-state index contributed by atoms with van der Waals surface area (Å²) in [5.74, 6) is 1.21. The minimum absolute atomic E-state index is 0.175. The van der Waals surface area contributed by atoms with E-state index < -0.39 is 0 Å². The summed E-state index contributed by atoms with van der Waals surface area (Å²) in [4.78, 5) is 4.82. The van der Waals surface area contributed by atoms with Crippen molar-refractivity contribution < 1.29 is 0 Å². The molecule has 0 spiro atoms. The Kier molecular flexibility index (Phi) is 2.44. The van der Waals surface area contributed by atoms with Crippen LogP contribution in [0.3, 0.4) is 0 Å². The zero-order valence-electron chi connectivity index (χ0n) is 10.3. The van der Waals surface area contributed by atoms with Crippen molar-refractivity contribution in [3.8, 4) is 0 Å². The van der Waals surface area contributed by atoms with Crippen molar-refractivity contribution >= 4 is 11.0 Å². The molecule has 0 radical (unpaired) electrons. The van der Waals surface area contributed by atoms with E-state index in [2.05, 4.69) is 35.8 Å². The molecule has 90 valence electrons. The number of rotatable bonds is 4. The van der Waals surface area contributed by atoms with Gasteiger partial charge in [0.25, 0.3) is 0 Å². The summed E-state index contributed by atoms with van der Waals surface area (Å²) in [6, 6.07) is 8.39. The molecule has 3 rings (SSSR count). The molecule has 0 saturated heterocycles. The smallest absolute Gasteiger partial charge is 0.117 e. The van der Waals surface area contributed by atoms with E-state index in [9.17, 15) is 0 Å². The van der Waals surface area contributed by atoms with E-state index in [1.165, 1.54) is 24.2 Å². The zero-order chi connectivity index (χ0) is 11.9. The van der Waals surface area contributed by atoms with Crippen molar-refractivity contribution in [2.45, 2.75) is 38.1 Å². The van der Waals surface area contributed by atoms with Crippen molar-refractivity contribution in [3.63, 3.8) is 0 Å². The molecule has 1 aliphatic rings. The molecular weight excluding hydrogens is 210 g/mol. The number of aromatic nitrogens is 2. The molecule has 0 bridgehead atoms. The van der Waals surface area contributed by atoms with Gasteiger partial charge in [0.15, 0.2) is 0 Å². The van der Waals surface area contributed by atoms with Crippen LogP contribution in [0.15, 0.2) is 24.3 Å². The van der Waals surface area contributed by atoms with Gasteiger partial charge in [-0.15, -0.1) is 0 Å². The summed E-state index contributed by atoms with van der Waals surface area (Å²) < 4.78 is 2.37. The van der Waals surface area contributed by atoms with Crippen LogP contribution in [0, 0.1) is 0 Å². The van der Waals surface area contributed by atoms with Crippen LogP contribution in [0.5, 0.6) is 0 Å². The number of nitrogens with two attached hydrogens (primary N) is 1. The topological polar surface area (TPSA) is 43.8 Å². The average molecular weight is 229 g/mol. The molecule has 0 atom stereocenters. The summed E-state index contributed by atoms with van der Waals surface area (Å²) in [7, 11) is 0. The molecule has 1 aromatic heterocycles. The molecule has 1 aliphatic carbocycles. The number of imidazole rings is 1. The first-order chi connectivity index (χ1) is 8.30. The number of para-hydroxylation sites is 2. The van der Waals surface area contributed by atoms with E-state index in [4.69, 9.17) is 10.7 Å². The first-order valence-electron chi connectivity index (χ1n) is 6.46. The lowest BCUT2D eigenvalue weighted by atomic mass is 10.1. The van der Waals surface area contributed by atoms with Gasteiger partial charge in [-0.2, -0.15) is 0 Å². The predicted molar refractivity (Wildman–Crippen MR) is 70.0 cm³/mol. The van der Waals surface area contributed by atoms with E-state index in [-0.39, 0.29) is 5.41 Å². The fourth-order valence-electron chi connectivity index (χ4n) is 2.60. The summed E-state index contributed by atoms with van der Waals surface area (Å²) in [5, 5.41) is 0. The fraction of sp³-hybridized carbons (Fsp3) is 0.500. The molecule has 0 aliphatic heterocycles. The molecule has 1 heterocycles. The Hall–Kier alpha value is -1.35. The third-order valence-electron chi connectivity index (χ3n) is 3.82. The Labute approximate surface area is 102 Å². The lowest BCUT2D eigenvalue weighted by Crippen LogP contribution is -2.24. The van der Waals surface area contributed by atoms with Crippen molar-refractivity contribution in [2.24, 2.45) is 5.73 Å². The van der Waals surface area contributed by atoms with Crippen molar-refractivity contribution in [1.82, 2.24) is 9.55 Å². The van der Waals surface area contributed by atoms with E-state index in [0.29, 0.717) is 0 Å². The number of fused-ring (bicyclic) bond motifs is 1. The maximum atomic E-state index is 5.93. The third kappa shape index (κ3) is 1.57. The summed E-state index contributed by atoms with van der Waals surface area (Å²) in [6.45, 7) is 3.97. The molecule has 1 aromatic carbocycles. The monoisotopic (exact) mass is 229 g/mol. The van der Waals surface area contributed by atoms with Crippen LogP contribution in [0.25, 0.3) is 11.0 Å². The molecule has 1 fully saturated rings. The highest BCUT2D eigenvalue weighted by Crippen LogP contribution is 2.47. The van der Waals surface area contributed by atoms with Gasteiger partial charge in [0.2, 0.25) is 0 Å². The van der Waals surface area contributed by atoms with Gasteiger partial charge in [-0.1, -0.05) is 19.1 Å². The standard InChI is InChI=1S/C14H19N3/c1-2-9-17-12-6-4-3-5-11(12)16-13(17)14(10-15)7-8-14/h3-6H,2,7-10,15H2,1H3.